The van der Waals surface area contributed by atoms with E-state index in [4.69, 9.17) is 16.3 Å². The average molecular weight is 353 g/mol. The number of hydrogen-bond acceptors (Lipinski definition) is 3. The third kappa shape index (κ3) is 6.80. The van der Waals surface area contributed by atoms with E-state index >= 15 is 0 Å². The molecule has 1 fully saturated rings. The van der Waals surface area contributed by atoms with Crippen LogP contribution in [0.4, 0.5) is 0 Å². The number of ether oxygens (including phenoxy) is 1. The molecule has 0 bridgehead atoms. The van der Waals surface area contributed by atoms with Crippen LogP contribution in [0.5, 0.6) is 0 Å². The summed E-state index contributed by atoms with van der Waals surface area (Å²) < 4.78 is 5.90. The summed E-state index contributed by atoms with van der Waals surface area (Å²) >= 11 is 6.09. The highest BCUT2D eigenvalue weighted by molar-refractivity contribution is 6.31. The van der Waals surface area contributed by atoms with Crippen molar-refractivity contribution >= 4 is 17.5 Å². The van der Waals surface area contributed by atoms with Gasteiger partial charge >= 0.3 is 0 Å². The van der Waals surface area contributed by atoms with E-state index in [2.05, 4.69) is 24.1 Å². The van der Waals surface area contributed by atoms with Gasteiger partial charge in [-0.15, -0.1) is 0 Å². The summed E-state index contributed by atoms with van der Waals surface area (Å²) in [5, 5.41) is 3.64. The fourth-order valence-corrected chi connectivity index (χ4v) is 3.01. The topological polar surface area (TPSA) is 41.6 Å². The Kier molecular flexibility index (Phi) is 8.03. The third-order valence-electron chi connectivity index (χ3n) is 4.29. The molecule has 0 radical (unpaired) electrons. The molecule has 24 heavy (non-hydrogen) atoms. The number of amides is 1. The molecule has 1 aliphatic rings. The molecule has 4 nitrogen and oxygen atoms in total. The molecule has 1 aromatic carbocycles. The molecule has 0 spiro atoms. The predicted molar refractivity (Wildman–Crippen MR) is 98.2 cm³/mol. The number of halogens is 1. The number of carbonyl (C=O) groups is 1. The van der Waals surface area contributed by atoms with Crippen LogP contribution in [-0.4, -0.2) is 43.2 Å². The fraction of sp³-hybridized carbons (Fsp3) is 0.632. The Morgan fingerprint density at radius 3 is 2.71 bits per heavy atom. The molecule has 134 valence electrons. The average Bonchev–Trinajstić information content (AvgIpc) is 2.58. The number of nitrogens with one attached hydrogen (secondary N) is 1. The normalized spacial score (nSPS) is 16.5. The Hall–Kier alpha value is -1.10. The number of likely N-dealkylation sites (tertiary alicyclic amines) is 1. The van der Waals surface area contributed by atoms with Crippen molar-refractivity contribution in [3.63, 3.8) is 0 Å². The van der Waals surface area contributed by atoms with Crippen molar-refractivity contribution in [3.8, 4) is 0 Å². The molecule has 1 aromatic rings. The fourth-order valence-electron chi connectivity index (χ4n) is 2.81. The first-order chi connectivity index (χ1) is 11.5. The number of carbonyl (C=O) groups excluding carboxylic acids is 1. The summed E-state index contributed by atoms with van der Waals surface area (Å²) in [5.41, 5.74) is 0.954. The standard InChI is InChI=1S/C19H29ClN2O2/c1-15(2)14-24-17-7-10-22(11-8-17)12-9-19(23)21-13-16-5-3-4-6-18(16)20/h3-6,15,17H,7-14H2,1-2H3,(H,21,23). The Morgan fingerprint density at radius 1 is 1.33 bits per heavy atom. The van der Waals surface area contributed by atoms with E-state index in [1.165, 1.54) is 0 Å². The maximum Gasteiger partial charge on any atom is 0.221 e. The molecule has 1 saturated heterocycles. The lowest BCUT2D eigenvalue weighted by atomic mass is 10.1. The molecule has 0 saturated carbocycles. The van der Waals surface area contributed by atoms with Gasteiger partial charge in [-0.25, -0.2) is 0 Å². The Balaban J connectivity index is 1.60. The molecular weight excluding hydrogens is 324 g/mol. The zero-order valence-electron chi connectivity index (χ0n) is 14.8. The molecule has 1 N–H and O–H groups in total. The van der Waals surface area contributed by atoms with Gasteiger partial charge in [-0.2, -0.15) is 0 Å². The van der Waals surface area contributed by atoms with Crippen LogP contribution >= 0.6 is 11.6 Å². The Labute approximate surface area is 150 Å². The van der Waals surface area contributed by atoms with E-state index in [0.29, 0.717) is 30.0 Å². The number of benzene rings is 1. The van der Waals surface area contributed by atoms with Crippen LogP contribution in [0.3, 0.4) is 0 Å². The molecule has 1 heterocycles. The second kappa shape index (κ2) is 10.0. The van der Waals surface area contributed by atoms with Crippen molar-refractivity contribution in [2.24, 2.45) is 5.92 Å². The van der Waals surface area contributed by atoms with Gasteiger partial charge < -0.3 is 15.0 Å². The van der Waals surface area contributed by atoms with E-state index in [1.807, 2.05) is 24.3 Å². The zero-order valence-corrected chi connectivity index (χ0v) is 15.5. The van der Waals surface area contributed by atoms with Crippen molar-refractivity contribution in [3.05, 3.63) is 34.9 Å². The van der Waals surface area contributed by atoms with Crippen molar-refractivity contribution < 1.29 is 9.53 Å². The van der Waals surface area contributed by atoms with Crippen LogP contribution in [0, 0.1) is 5.92 Å². The highest BCUT2D eigenvalue weighted by atomic mass is 35.5. The lowest BCUT2D eigenvalue weighted by molar-refractivity contribution is -0.121. The monoisotopic (exact) mass is 352 g/mol. The van der Waals surface area contributed by atoms with Crippen LogP contribution < -0.4 is 5.32 Å². The van der Waals surface area contributed by atoms with Crippen molar-refractivity contribution in [2.45, 2.75) is 45.8 Å². The van der Waals surface area contributed by atoms with E-state index in [9.17, 15) is 4.79 Å². The minimum atomic E-state index is 0.0769. The SMILES string of the molecule is CC(C)COC1CCN(CCC(=O)NCc2ccccc2Cl)CC1. The van der Waals surface area contributed by atoms with Crippen LogP contribution in [0.1, 0.15) is 38.7 Å². The summed E-state index contributed by atoms with van der Waals surface area (Å²) in [7, 11) is 0. The minimum absolute atomic E-state index is 0.0769. The van der Waals surface area contributed by atoms with Crippen LogP contribution in [0.25, 0.3) is 0 Å². The molecule has 1 amide bonds. The second-order valence-electron chi connectivity index (χ2n) is 6.89. The first kappa shape index (κ1) is 19.2. The summed E-state index contributed by atoms with van der Waals surface area (Å²) in [4.78, 5) is 14.4. The predicted octanol–water partition coefficient (Wildman–Crippen LogP) is 3.48. The maximum absolute atomic E-state index is 12.0. The van der Waals surface area contributed by atoms with Crippen molar-refractivity contribution in [1.29, 1.82) is 0 Å². The van der Waals surface area contributed by atoms with Gasteiger partial charge in [0.1, 0.15) is 0 Å². The maximum atomic E-state index is 12.0. The van der Waals surface area contributed by atoms with Crippen LogP contribution in [-0.2, 0) is 16.1 Å². The molecule has 0 atom stereocenters. The van der Waals surface area contributed by atoms with Gasteiger partial charge in [0, 0.05) is 44.2 Å². The lowest BCUT2D eigenvalue weighted by Gasteiger charge is -2.32. The number of hydrogen-bond donors (Lipinski definition) is 1. The number of piperidine rings is 1. The third-order valence-corrected chi connectivity index (χ3v) is 4.66. The summed E-state index contributed by atoms with van der Waals surface area (Å²) in [6.07, 6.45) is 3.04. The van der Waals surface area contributed by atoms with Gasteiger partial charge in [-0.3, -0.25) is 4.79 Å². The first-order valence-electron chi connectivity index (χ1n) is 8.88. The molecule has 1 aliphatic heterocycles. The second-order valence-corrected chi connectivity index (χ2v) is 7.29. The minimum Gasteiger partial charge on any atom is -0.378 e. The lowest BCUT2D eigenvalue weighted by Crippen LogP contribution is -2.39. The zero-order chi connectivity index (χ0) is 17.4. The van der Waals surface area contributed by atoms with E-state index < -0.39 is 0 Å². The molecule has 0 unspecified atom stereocenters. The van der Waals surface area contributed by atoms with E-state index in [1.54, 1.807) is 0 Å². The number of nitrogens with zero attached hydrogens (tertiary/aromatic N) is 1. The molecule has 0 aromatic heterocycles. The summed E-state index contributed by atoms with van der Waals surface area (Å²) in [6.45, 7) is 8.53. The smallest absolute Gasteiger partial charge is 0.221 e. The highest BCUT2D eigenvalue weighted by Gasteiger charge is 2.20. The van der Waals surface area contributed by atoms with Gasteiger partial charge in [0.15, 0.2) is 0 Å². The Bertz CT molecular complexity index is 514. The van der Waals surface area contributed by atoms with Gasteiger partial charge in [-0.05, 0) is 30.4 Å². The quantitative estimate of drug-likeness (QED) is 0.778. The van der Waals surface area contributed by atoms with Gasteiger partial charge in [0.05, 0.1) is 6.10 Å². The summed E-state index contributed by atoms with van der Waals surface area (Å²) in [6, 6.07) is 7.60. The van der Waals surface area contributed by atoms with Crippen LogP contribution in [0.15, 0.2) is 24.3 Å². The number of rotatable bonds is 8. The van der Waals surface area contributed by atoms with Crippen LogP contribution in [0.2, 0.25) is 5.02 Å². The van der Waals surface area contributed by atoms with E-state index in [-0.39, 0.29) is 5.91 Å². The molecule has 2 rings (SSSR count). The molecular formula is C19H29ClN2O2. The van der Waals surface area contributed by atoms with Gasteiger partial charge in [0.2, 0.25) is 5.91 Å². The van der Waals surface area contributed by atoms with Gasteiger partial charge in [-0.1, -0.05) is 43.6 Å². The molecule has 5 heteroatoms. The first-order valence-corrected chi connectivity index (χ1v) is 9.26. The van der Waals surface area contributed by atoms with Gasteiger partial charge in [0.25, 0.3) is 0 Å². The highest BCUT2D eigenvalue weighted by Crippen LogP contribution is 2.16. The Morgan fingerprint density at radius 2 is 2.04 bits per heavy atom. The molecule has 0 aliphatic carbocycles. The van der Waals surface area contributed by atoms with Crippen molar-refractivity contribution in [1.82, 2.24) is 10.2 Å². The largest absolute Gasteiger partial charge is 0.378 e. The van der Waals surface area contributed by atoms with E-state index in [0.717, 1.165) is 44.6 Å². The van der Waals surface area contributed by atoms with Crippen molar-refractivity contribution in [2.75, 3.05) is 26.2 Å². The summed E-state index contributed by atoms with van der Waals surface area (Å²) in [5.74, 6) is 0.665.